The fourth-order valence-corrected chi connectivity index (χ4v) is 1.93. The molecule has 4 N–H and O–H groups in total. The molecule has 1 amide bonds. The van der Waals surface area contributed by atoms with Crippen LogP contribution in [0.4, 0.5) is 11.5 Å². The van der Waals surface area contributed by atoms with Crippen molar-refractivity contribution in [2.24, 2.45) is 0 Å². The van der Waals surface area contributed by atoms with E-state index in [1.807, 2.05) is 24.3 Å². The van der Waals surface area contributed by atoms with Crippen LogP contribution < -0.4 is 15.8 Å². The summed E-state index contributed by atoms with van der Waals surface area (Å²) in [5.74, 6) is 0.928. The number of hydrogen-bond donors (Lipinski definition) is 3. The highest BCUT2D eigenvalue weighted by molar-refractivity contribution is 5.96. The third-order valence-corrected chi connectivity index (χ3v) is 2.86. The van der Waals surface area contributed by atoms with Crippen molar-refractivity contribution in [1.82, 2.24) is 10.2 Å². The number of ether oxygens (including phenoxy) is 1. The molecule has 0 aliphatic carbocycles. The number of nitrogens with one attached hydrogen (secondary N) is 2. The summed E-state index contributed by atoms with van der Waals surface area (Å²) in [6.45, 7) is 0. The smallest absolute Gasteiger partial charge is 0.266 e. The highest BCUT2D eigenvalue weighted by atomic mass is 16.5. The lowest BCUT2D eigenvalue weighted by Crippen LogP contribution is -2.31. The fourth-order valence-electron chi connectivity index (χ4n) is 1.93. The Balaban J connectivity index is 1.71. The van der Waals surface area contributed by atoms with Crippen LogP contribution in [0.1, 0.15) is 5.56 Å². The van der Waals surface area contributed by atoms with E-state index < -0.39 is 6.10 Å². The third kappa shape index (κ3) is 1.77. The van der Waals surface area contributed by atoms with E-state index in [4.69, 9.17) is 10.5 Å². The number of para-hydroxylation sites is 1. The number of aromatic nitrogens is 2. The van der Waals surface area contributed by atoms with E-state index >= 15 is 0 Å². The Morgan fingerprint density at radius 1 is 1.50 bits per heavy atom. The molecule has 2 heterocycles. The number of amides is 1. The topological polar surface area (TPSA) is 93.0 Å². The van der Waals surface area contributed by atoms with Gasteiger partial charge in [0.15, 0.2) is 11.9 Å². The zero-order valence-electron chi connectivity index (χ0n) is 9.51. The van der Waals surface area contributed by atoms with Crippen LogP contribution in [-0.2, 0) is 11.2 Å². The van der Waals surface area contributed by atoms with Gasteiger partial charge in [0.05, 0.1) is 11.9 Å². The zero-order valence-corrected chi connectivity index (χ0v) is 9.51. The maximum Gasteiger partial charge on any atom is 0.266 e. The van der Waals surface area contributed by atoms with Gasteiger partial charge in [0, 0.05) is 6.42 Å². The maximum atomic E-state index is 12.0. The summed E-state index contributed by atoms with van der Waals surface area (Å²) in [6.07, 6.45) is 1.49. The molecule has 1 aliphatic rings. The van der Waals surface area contributed by atoms with Gasteiger partial charge in [-0.05, 0) is 11.6 Å². The lowest BCUT2D eigenvalue weighted by Gasteiger charge is -2.10. The van der Waals surface area contributed by atoms with Crippen molar-refractivity contribution >= 4 is 17.4 Å². The van der Waals surface area contributed by atoms with Crippen molar-refractivity contribution in [1.29, 1.82) is 0 Å². The second-order valence-electron chi connectivity index (χ2n) is 4.11. The Bertz CT molecular complexity index is 568. The number of aromatic amines is 1. The standard InChI is InChI=1S/C12H12N4O2/c13-8-6-14-16-11(8)15-12(17)10-5-7-3-1-2-4-9(7)18-10/h1-4,6,10H,5,13H2,(H2,14,15,16,17). The van der Waals surface area contributed by atoms with E-state index in [0.717, 1.165) is 11.3 Å². The number of fused-ring (bicyclic) bond motifs is 1. The number of hydrogen-bond acceptors (Lipinski definition) is 4. The molecule has 0 saturated heterocycles. The van der Waals surface area contributed by atoms with Gasteiger partial charge in [-0.15, -0.1) is 0 Å². The van der Waals surface area contributed by atoms with E-state index in [1.165, 1.54) is 6.20 Å². The van der Waals surface area contributed by atoms with Gasteiger partial charge < -0.3 is 15.8 Å². The summed E-state index contributed by atoms with van der Waals surface area (Å²) >= 11 is 0. The third-order valence-electron chi connectivity index (χ3n) is 2.86. The van der Waals surface area contributed by atoms with Crippen LogP contribution >= 0.6 is 0 Å². The molecule has 0 radical (unpaired) electrons. The van der Waals surface area contributed by atoms with E-state index in [0.29, 0.717) is 17.9 Å². The second kappa shape index (κ2) is 4.06. The molecule has 6 nitrogen and oxygen atoms in total. The second-order valence-corrected chi connectivity index (χ2v) is 4.11. The molecule has 92 valence electrons. The molecular weight excluding hydrogens is 232 g/mol. The van der Waals surface area contributed by atoms with Crippen molar-refractivity contribution in [3.05, 3.63) is 36.0 Å². The molecule has 3 rings (SSSR count). The van der Waals surface area contributed by atoms with Gasteiger partial charge in [0.1, 0.15) is 5.75 Å². The lowest BCUT2D eigenvalue weighted by atomic mass is 10.1. The average Bonchev–Trinajstić information content (AvgIpc) is 2.96. The molecule has 6 heteroatoms. The van der Waals surface area contributed by atoms with Gasteiger partial charge in [-0.1, -0.05) is 18.2 Å². The van der Waals surface area contributed by atoms with Crippen LogP contribution in [0.25, 0.3) is 0 Å². The molecule has 0 bridgehead atoms. The molecule has 0 fully saturated rings. The number of nitrogen functional groups attached to an aromatic ring is 1. The lowest BCUT2D eigenvalue weighted by molar-refractivity contribution is -0.122. The van der Waals surface area contributed by atoms with Crippen molar-refractivity contribution in [2.45, 2.75) is 12.5 Å². The van der Waals surface area contributed by atoms with Crippen molar-refractivity contribution in [2.75, 3.05) is 11.1 Å². The van der Waals surface area contributed by atoms with Crippen LogP contribution in [0, 0.1) is 0 Å². The quantitative estimate of drug-likeness (QED) is 0.732. The van der Waals surface area contributed by atoms with Gasteiger partial charge in [0.25, 0.3) is 5.91 Å². The van der Waals surface area contributed by atoms with Gasteiger partial charge in [-0.2, -0.15) is 5.10 Å². The normalized spacial score (nSPS) is 17.0. The SMILES string of the molecule is Nc1cn[nH]c1NC(=O)C1Cc2ccccc2O1. The van der Waals surface area contributed by atoms with Gasteiger partial charge in [0.2, 0.25) is 0 Å². The van der Waals surface area contributed by atoms with E-state index in [1.54, 1.807) is 0 Å². The number of carbonyl (C=O) groups is 1. The predicted octanol–water partition coefficient (Wildman–Crippen LogP) is 0.934. The highest BCUT2D eigenvalue weighted by Crippen LogP contribution is 2.28. The number of H-pyrrole nitrogens is 1. The van der Waals surface area contributed by atoms with E-state index in [-0.39, 0.29) is 5.91 Å². The Labute approximate surface area is 103 Å². The summed E-state index contributed by atoms with van der Waals surface area (Å²) in [5.41, 5.74) is 7.06. The minimum Gasteiger partial charge on any atom is -0.480 e. The molecule has 1 aromatic carbocycles. The molecular formula is C12H12N4O2. The largest absolute Gasteiger partial charge is 0.480 e. The molecule has 2 aromatic rings. The summed E-state index contributed by atoms with van der Waals surface area (Å²) in [7, 11) is 0. The first-order valence-corrected chi connectivity index (χ1v) is 5.58. The summed E-state index contributed by atoms with van der Waals surface area (Å²) in [5, 5.41) is 9.01. The highest BCUT2D eigenvalue weighted by Gasteiger charge is 2.29. The molecule has 1 atom stereocenters. The van der Waals surface area contributed by atoms with Crippen LogP contribution in [0.3, 0.4) is 0 Å². The summed E-state index contributed by atoms with van der Waals surface area (Å²) < 4.78 is 5.57. The zero-order chi connectivity index (χ0) is 12.5. The molecule has 1 aromatic heterocycles. The number of nitrogens with two attached hydrogens (primary N) is 1. The Morgan fingerprint density at radius 2 is 2.33 bits per heavy atom. The number of nitrogens with zero attached hydrogens (tertiary/aromatic N) is 1. The van der Waals surface area contributed by atoms with Crippen molar-refractivity contribution in [3.8, 4) is 5.75 Å². The van der Waals surface area contributed by atoms with Gasteiger partial charge >= 0.3 is 0 Å². The van der Waals surface area contributed by atoms with Crippen molar-refractivity contribution in [3.63, 3.8) is 0 Å². The van der Waals surface area contributed by atoms with Crippen LogP contribution in [-0.4, -0.2) is 22.2 Å². The molecule has 0 saturated carbocycles. The minimum atomic E-state index is -0.523. The maximum absolute atomic E-state index is 12.0. The first kappa shape index (κ1) is 10.6. The van der Waals surface area contributed by atoms with Crippen molar-refractivity contribution < 1.29 is 9.53 Å². The van der Waals surface area contributed by atoms with E-state index in [9.17, 15) is 4.79 Å². The van der Waals surface area contributed by atoms with Crippen LogP contribution in [0.5, 0.6) is 5.75 Å². The van der Waals surface area contributed by atoms with Crippen LogP contribution in [0.2, 0.25) is 0 Å². The predicted molar refractivity (Wildman–Crippen MR) is 66.2 cm³/mol. The van der Waals surface area contributed by atoms with Gasteiger partial charge in [-0.3, -0.25) is 9.89 Å². The van der Waals surface area contributed by atoms with Crippen LogP contribution in [0.15, 0.2) is 30.5 Å². The van der Waals surface area contributed by atoms with E-state index in [2.05, 4.69) is 15.5 Å². The summed E-state index contributed by atoms with van der Waals surface area (Å²) in [4.78, 5) is 12.0. The first-order chi connectivity index (χ1) is 8.74. The average molecular weight is 244 g/mol. The number of carbonyl (C=O) groups excluding carboxylic acids is 1. The van der Waals surface area contributed by atoms with Gasteiger partial charge in [-0.25, -0.2) is 0 Å². The number of benzene rings is 1. The molecule has 0 spiro atoms. The number of rotatable bonds is 2. The Morgan fingerprint density at radius 3 is 3.06 bits per heavy atom. The number of anilines is 2. The fraction of sp³-hybridized carbons (Fsp3) is 0.167. The molecule has 1 unspecified atom stereocenters. The Hall–Kier alpha value is -2.50. The minimum absolute atomic E-state index is 0.234. The Kier molecular flexibility index (Phi) is 2.40. The molecule has 18 heavy (non-hydrogen) atoms. The molecule has 1 aliphatic heterocycles. The first-order valence-electron chi connectivity index (χ1n) is 5.58. The monoisotopic (exact) mass is 244 g/mol. The summed E-state index contributed by atoms with van der Waals surface area (Å²) in [6, 6.07) is 7.61.